The Balaban J connectivity index is 1.72. The van der Waals surface area contributed by atoms with E-state index in [2.05, 4.69) is 10.3 Å². The molecule has 2 aromatic carbocycles. The number of hydrogen-bond acceptors (Lipinski definition) is 3. The van der Waals surface area contributed by atoms with Gasteiger partial charge >= 0.3 is 0 Å². The van der Waals surface area contributed by atoms with E-state index >= 15 is 0 Å². The highest BCUT2D eigenvalue weighted by Gasteiger charge is 2.16. The summed E-state index contributed by atoms with van der Waals surface area (Å²) in [5.41, 5.74) is 1.50. The van der Waals surface area contributed by atoms with Crippen molar-refractivity contribution in [1.82, 2.24) is 9.55 Å². The minimum Gasteiger partial charge on any atom is -0.479 e. The molecule has 0 aliphatic heterocycles. The van der Waals surface area contributed by atoms with Gasteiger partial charge in [0.25, 0.3) is 5.91 Å². The maximum atomic E-state index is 12.4. The van der Waals surface area contributed by atoms with Crippen molar-refractivity contribution in [3.8, 4) is 11.4 Å². The molecular weight excluding hydrogens is 358 g/mol. The minimum absolute atomic E-state index is 0.269. The normalized spacial score (nSPS) is 11.8. The molecule has 3 rings (SSSR count). The number of anilines is 1. The highest BCUT2D eigenvalue weighted by Crippen LogP contribution is 2.24. The van der Waals surface area contributed by atoms with Gasteiger partial charge in [-0.15, -0.1) is 0 Å². The standard InChI is InChI=1S/C18H16ClN3O2S/c1-12(24-16-8-3-2-7-15(16)19)17(23)21-13-5-4-6-14(11-13)22-10-9-20-18(22)25/h2-12H,1H3,(H,20,25)(H,21,23). The van der Waals surface area contributed by atoms with Crippen LogP contribution in [0.4, 0.5) is 5.69 Å². The number of ether oxygens (including phenoxy) is 1. The summed E-state index contributed by atoms with van der Waals surface area (Å²) in [5, 5.41) is 3.30. The summed E-state index contributed by atoms with van der Waals surface area (Å²) in [4.78, 5) is 15.3. The third-order valence-corrected chi connectivity index (χ3v) is 4.18. The molecule has 0 spiro atoms. The van der Waals surface area contributed by atoms with Crippen LogP contribution >= 0.6 is 23.8 Å². The van der Waals surface area contributed by atoms with Crippen molar-refractivity contribution in [1.29, 1.82) is 0 Å². The fourth-order valence-corrected chi connectivity index (χ4v) is 2.70. The van der Waals surface area contributed by atoms with Gasteiger partial charge in [0.2, 0.25) is 0 Å². The lowest BCUT2D eigenvalue weighted by atomic mass is 10.2. The minimum atomic E-state index is -0.696. The highest BCUT2D eigenvalue weighted by molar-refractivity contribution is 7.71. The molecule has 1 amide bonds. The molecule has 1 aromatic heterocycles. The second-order valence-electron chi connectivity index (χ2n) is 5.37. The van der Waals surface area contributed by atoms with Crippen LogP contribution in [0.2, 0.25) is 5.02 Å². The fourth-order valence-electron chi connectivity index (χ4n) is 2.29. The van der Waals surface area contributed by atoms with E-state index in [0.29, 0.717) is 21.2 Å². The Morgan fingerprint density at radius 1 is 1.28 bits per heavy atom. The molecule has 0 fully saturated rings. The smallest absolute Gasteiger partial charge is 0.265 e. The summed E-state index contributed by atoms with van der Waals surface area (Å²) in [7, 11) is 0. The maximum Gasteiger partial charge on any atom is 0.265 e. The molecule has 0 saturated carbocycles. The monoisotopic (exact) mass is 373 g/mol. The van der Waals surface area contributed by atoms with E-state index in [1.165, 1.54) is 0 Å². The van der Waals surface area contributed by atoms with E-state index in [9.17, 15) is 4.79 Å². The predicted octanol–water partition coefficient (Wildman–Crippen LogP) is 4.59. The number of amides is 1. The Hall–Kier alpha value is -2.57. The van der Waals surface area contributed by atoms with Crippen molar-refractivity contribution in [2.45, 2.75) is 13.0 Å². The second-order valence-corrected chi connectivity index (χ2v) is 6.16. The first kappa shape index (κ1) is 17.3. The van der Waals surface area contributed by atoms with Gasteiger partial charge in [0, 0.05) is 23.8 Å². The highest BCUT2D eigenvalue weighted by atomic mass is 35.5. The molecule has 7 heteroatoms. The number of nitrogens with zero attached hydrogens (tertiary/aromatic N) is 1. The van der Waals surface area contributed by atoms with Gasteiger partial charge in [-0.1, -0.05) is 29.8 Å². The number of hydrogen-bond donors (Lipinski definition) is 2. The van der Waals surface area contributed by atoms with Crippen LogP contribution in [0.25, 0.3) is 5.69 Å². The van der Waals surface area contributed by atoms with Crippen LogP contribution in [-0.2, 0) is 4.79 Å². The summed E-state index contributed by atoms with van der Waals surface area (Å²) in [5.74, 6) is 0.203. The Morgan fingerprint density at radius 3 is 2.80 bits per heavy atom. The predicted molar refractivity (Wildman–Crippen MR) is 101 cm³/mol. The topological polar surface area (TPSA) is 59.0 Å². The molecule has 3 aromatic rings. The SMILES string of the molecule is CC(Oc1ccccc1Cl)C(=O)Nc1cccc(-n2cc[nH]c2=S)c1. The van der Waals surface area contributed by atoms with Gasteiger partial charge in [0.15, 0.2) is 10.9 Å². The summed E-state index contributed by atoms with van der Waals surface area (Å²) in [6.07, 6.45) is 2.89. The van der Waals surface area contributed by atoms with Crippen molar-refractivity contribution >= 4 is 35.4 Å². The summed E-state index contributed by atoms with van der Waals surface area (Å²) < 4.78 is 8.03. The quantitative estimate of drug-likeness (QED) is 0.643. The lowest BCUT2D eigenvalue weighted by Gasteiger charge is -2.16. The molecule has 1 heterocycles. The number of para-hydroxylation sites is 1. The van der Waals surface area contributed by atoms with Crippen LogP contribution in [0, 0.1) is 4.77 Å². The lowest BCUT2D eigenvalue weighted by Crippen LogP contribution is -2.30. The molecule has 5 nitrogen and oxygen atoms in total. The number of aromatic amines is 1. The molecule has 0 aliphatic carbocycles. The van der Waals surface area contributed by atoms with Gasteiger partial charge in [-0.25, -0.2) is 0 Å². The number of nitrogens with one attached hydrogen (secondary N) is 2. The van der Waals surface area contributed by atoms with E-state index in [1.54, 1.807) is 43.5 Å². The summed E-state index contributed by atoms with van der Waals surface area (Å²) in [6, 6.07) is 14.4. The number of benzene rings is 2. The van der Waals surface area contributed by atoms with Crippen molar-refractivity contribution < 1.29 is 9.53 Å². The Bertz CT molecular complexity index is 951. The van der Waals surface area contributed by atoms with Crippen molar-refractivity contribution in [2.24, 2.45) is 0 Å². The molecule has 0 radical (unpaired) electrons. The summed E-state index contributed by atoms with van der Waals surface area (Å²) in [6.45, 7) is 1.67. The average molecular weight is 374 g/mol. The van der Waals surface area contributed by atoms with Gasteiger partial charge in [0.05, 0.1) is 5.02 Å². The first-order valence-electron chi connectivity index (χ1n) is 7.63. The molecule has 1 unspecified atom stereocenters. The summed E-state index contributed by atoms with van der Waals surface area (Å²) >= 11 is 11.3. The van der Waals surface area contributed by atoms with Crippen LogP contribution in [0.3, 0.4) is 0 Å². The Morgan fingerprint density at radius 2 is 2.08 bits per heavy atom. The van der Waals surface area contributed by atoms with E-state index in [0.717, 1.165) is 5.69 Å². The number of imidazole rings is 1. The Kier molecular flexibility index (Phi) is 5.21. The Labute approximate surface area is 155 Å². The zero-order valence-electron chi connectivity index (χ0n) is 13.4. The number of H-pyrrole nitrogens is 1. The molecule has 0 bridgehead atoms. The molecule has 1 atom stereocenters. The number of carbonyl (C=O) groups excluding carboxylic acids is 1. The van der Waals surface area contributed by atoms with Crippen molar-refractivity contribution in [3.05, 3.63) is 70.7 Å². The molecular formula is C18H16ClN3O2S. The van der Waals surface area contributed by atoms with Crippen LogP contribution in [0.5, 0.6) is 5.75 Å². The van der Waals surface area contributed by atoms with E-state index in [4.69, 9.17) is 28.6 Å². The number of rotatable bonds is 5. The van der Waals surface area contributed by atoms with Gasteiger partial charge in [-0.05, 0) is 49.5 Å². The zero-order valence-corrected chi connectivity index (χ0v) is 15.0. The molecule has 2 N–H and O–H groups in total. The molecule has 0 saturated heterocycles. The third kappa shape index (κ3) is 4.10. The zero-order chi connectivity index (χ0) is 17.8. The van der Waals surface area contributed by atoms with Crippen LogP contribution in [0.15, 0.2) is 60.9 Å². The van der Waals surface area contributed by atoms with Crippen molar-refractivity contribution in [3.63, 3.8) is 0 Å². The van der Waals surface area contributed by atoms with Gasteiger partial charge in [-0.2, -0.15) is 0 Å². The third-order valence-electron chi connectivity index (χ3n) is 3.55. The van der Waals surface area contributed by atoms with Gasteiger partial charge in [-0.3, -0.25) is 9.36 Å². The largest absolute Gasteiger partial charge is 0.479 e. The first-order chi connectivity index (χ1) is 12.0. The van der Waals surface area contributed by atoms with Crippen LogP contribution < -0.4 is 10.1 Å². The van der Waals surface area contributed by atoms with Crippen LogP contribution in [0.1, 0.15) is 6.92 Å². The lowest BCUT2D eigenvalue weighted by molar-refractivity contribution is -0.122. The number of carbonyl (C=O) groups is 1. The molecule has 128 valence electrons. The van der Waals surface area contributed by atoms with Gasteiger partial charge < -0.3 is 15.0 Å². The van der Waals surface area contributed by atoms with Gasteiger partial charge in [0.1, 0.15) is 5.75 Å². The first-order valence-corrected chi connectivity index (χ1v) is 8.42. The van der Waals surface area contributed by atoms with Crippen molar-refractivity contribution in [2.75, 3.05) is 5.32 Å². The number of aromatic nitrogens is 2. The fraction of sp³-hybridized carbons (Fsp3) is 0.111. The van der Waals surface area contributed by atoms with E-state index in [1.807, 2.05) is 29.0 Å². The maximum absolute atomic E-state index is 12.4. The average Bonchev–Trinajstić information content (AvgIpc) is 3.03. The molecule has 25 heavy (non-hydrogen) atoms. The number of halogens is 1. The second kappa shape index (κ2) is 7.55. The van der Waals surface area contributed by atoms with Crippen LogP contribution in [-0.4, -0.2) is 21.6 Å². The molecule has 0 aliphatic rings. The van der Waals surface area contributed by atoms with E-state index < -0.39 is 6.10 Å². The van der Waals surface area contributed by atoms with E-state index in [-0.39, 0.29) is 5.91 Å².